The van der Waals surface area contributed by atoms with Gasteiger partial charge in [0, 0.05) is 19.6 Å². The molecule has 3 N–H and O–H groups in total. The van der Waals surface area contributed by atoms with E-state index >= 15 is 0 Å². The van der Waals surface area contributed by atoms with E-state index in [1.807, 2.05) is 30.3 Å². The number of nitrogens with two attached hydrogens (primary N) is 1. The molecule has 1 unspecified atom stereocenters. The molecule has 5 nitrogen and oxygen atoms in total. The van der Waals surface area contributed by atoms with Crippen LogP contribution in [0.25, 0.3) is 0 Å². The van der Waals surface area contributed by atoms with Gasteiger partial charge in [-0.3, -0.25) is 0 Å². The maximum absolute atomic E-state index is 11.8. The zero-order valence-corrected chi connectivity index (χ0v) is 11.1. The van der Waals surface area contributed by atoms with Crippen molar-refractivity contribution in [1.82, 2.24) is 9.03 Å². The average Bonchev–Trinajstić information content (AvgIpc) is 2.38. The van der Waals surface area contributed by atoms with Crippen LogP contribution in [0, 0.1) is 5.92 Å². The molecule has 100 valence electrons. The Morgan fingerprint density at radius 2 is 2.06 bits per heavy atom. The molecule has 1 aromatic carbocycles. The summed E-state index contributed by atoms with van der Waals surface area (Å²) < 4.78 is 27.7. The predicted molar refractivity (Wildman–Crippen MR) is 71.2 cm³/mol. The summed E-state index contributed by atoms with van der Waals surface area (Å²) in [7, 11) is -3.31. The van der Waals surface area contributed by atoms with Gasteiger partial charge in [0.1, 0.15) is 0 Å². The van der Waals surface area contributed by atoms with E-state index in [-0.39, 0.29) is 5.92 Å². The highest BCUT2D eigenvalue weighted by Crippen LogP contribution is 2.12. The second kappa shape index (κ2) is 5.79. The van der Waals surface area contributed by atoms with Crippen molar-refractivity contribution in [2.75, 3.05) is 26.2 Å². The molecule has 1 fully saturated rings. The van der Waals surface area contributed by atoms with E-state index in [4.69, 9.17) is 5.73 Å². The fraction of sp³-hybridized carbons (Fsp3) is 0.500. The van der Waals surface area contributed by atoms with E-state index in [0.29, 0.717) is 26.2 Å². The van der Waals surface area contributed by atoms with Crippen LogP contribution in [0.4, 0.5) is 0 Å². The van der Waals surface area contributed by atoms with Crippen LogP contribution >= 0.6 is 0 Å². The summed E-state index contributed by atoms with van der Waals surface area (Å²) in [4.78, 5) is 0. The molecule has 0 aliphatic carbocycles. The molecular weight excluding hydrogens is 250 g/mol. The molecule has 1 saturated heterocycles. The highest BCUT2D eigenvalue weighted by molar-refractivity contribution is 7.87. The lowest BCUT2D eigenvalue weighted by molar-refractivity contribution is 0.313. The van der Waals surface area contributed by atoms with Gasteiger partial charge in [-0.25, -0.2) is 4.72 Å². The lowest BCUT2D eigenvalue weighted by Crippen LogP contribution is -2.53. The number of nitrogens with zero attached hydrogens (tertiary/aromatic N) is 1. The van der Waals surface area contributed by atoms with Crippen LogP contribution in [0.1, 0.15) is 5.56 Å². The average molecular weight is 269 g/mol. The molecule has 1 aliphatic heterocycles. The Hall–Kier alpha value is -0.950. The smallest absolute Gasteiger partial charge is 0.279 e. The molecule has 6 heteroatoms. The van der Waals surface area contributed by atoms with Crippen LogP contribution in [0.5, 0.6) is 0 Å². The molecule has 0 spiro atoms. The van der Waals surface area contributed by atoms with Gasteiger partial charge in [-0.05, 0) is 24.4 Å². The summed E-state index contributed by atoms with van der Waals surface area (Å²) >= 11 is 0. The van der Waals surface area contributed by atoms with Crippen molar-refractivity contribution >= 4 is 10.2 Å². The highest BCUT2D eigenvalue weighted by Gasteiger charge is 2.29. The summed E-state index contributed by atoms with van der Waals surface area (Å²) in [6.45, 7) is 1.96. The van der Waals surface area contributed by atoms with Gasteiger partial charge in [0.05, 0.1) is 0 Å². The van der Waals surface area contributed by atoms with Crippen LogP contribution in [-0.2, 0) is 16.6 Å². The molecular formula is C12H19N3O2S. The summed E-state index contributed by atoms with van der Waals surface area (Å²) in [6.07, 6.45) is 0.721. The van der Waals surface area contributed by atoms with Crippen molar-refractivity contribution in [3.8, 4) is 0 Å². The van der Waals surface area contributed by atoms with Gasteiger partial charge in [0.25, 0.3) is 10.2 Å². The van der Waals surface area contributed by atoms with Gasteiger partial charge in [-0.2, -0.15) is 12.7 Å². The third-order valence-corrected chi connectivity index (χ3v) is 4.73. The molecule has 1 heterocycles. The van der Waals surface area contributed by atoms with Gasteiger partial charge in [0.15, 0.2) is 0 Å². The minimum Gasteiger partial charge on any atom is -0.330 e. The third-order valence-electron chi connectivity index (χ3n) is 3.18. The van der Waals surface area contributed by atoms with Crippen LogP contribution in [0.15, 0.2) is 30.3 Å². The first-order chi connectivity index (χ1) is 8.62. The quantitative estimate of drug-likeness (QED) is 0.805. The molecule has 2 rings (SSSR count). The minimum atomic E-state index is -3.31. The van der Waals surface area contributed by atoms with Gasteiger partial charge < -0.3 is 5.73 Å². The van der Waals surface area contributed by atoms with Crippen molar-refractivity contribution in [3.63, 3.8) is 0 Å². The minimum absolute atomic E-state index is 0.198. The first-order valence-electron chi connectivity index (χ1n) is 6.10. The first-order valence-corrected chi connectivity index (χ1v) is 7.54. The second-order valence-corrected chi connectivity index (χ2v) is 6.30. The van der Waals surface area contributed by atoms with Gasteiger partial charge in [-0.1, -0.05) is 30.3 Å². The normalized spacial score (nSPS) is 23.9. The number of hydrogen-bond donors (Lipinski definition) is 2. The Labute approximate surface area is 108 Å². The van der Waals surface area contributed by atoms with Crippen LogP contribution in [0.3, 0.4) is 0 Å². The van der Waals surface area contributed by atoms with E-state index in [1.54, 1.807) is 0 Å². The largest absolute Gasteiger partial charge is 0.330 e. The zero-order chi connectivity index (χ0) is 13.0. The first kappa shape index (κ1) is 13.5. The molecule has 0 radical (unpaired) electrons. The highest BCUT2D eigenvalue weighted by atomic mass is 32.2. The van der Waals surface area contributed by atoms with Gasteiger partial charge in [-0.15, -0.1) is 0 Å². The standard InChI is InChI=1S/C12H19N3O2S/c13-8-12-9-14-18(16,17)15(10-12)7-6-11-4-2-1-3-5-11/h1-5,12,14H,6-10,13H2. The molecule has 0 bridgehead atoms. The number of nitrogens with one attached hydrogen (secondary N) is 1. The van der Waals surface area contributed by atoms with E-state index in [1.165, 1.54) is 4.31 Å². The summed E-state index contributed by atoms with van der Waals surface area (Å²) in [6, 6.07) is 9.88. The maximum Gasteiger partial charge on any atom is 0.279 e. The molecule has 0 saturated carbocycles. The van der Waals surface area contributed by atoms with Gasteiger partial charge >= 0.3 is 0 Å². The van der Waals surface area contributed by atoms with E-state index in [0.717, 1.165) is 12.0 Å². The molecule has 18 heavy (non-hydrogen) atoms. The summed E-state index contributed by atoms with van der Waals surface area (Å²) in [5, 5.41) is 0. The van der Waals surface area contributed by atoms with Crippen LogP contribution in [-0.4, -0.2) is 38.9 Å². The van der Waals surface area contributed by atoms with Crippen molar-refractivity contribution in [3.05, 3.63) is 35.9 Å². The van der Waals surface area contributed by atoms with E-state index in [9.17, 15) is 8.42 Å². The number of hydrogen-bond acceptors (Lipinski definition) is 3. The fourth-order valence-corrected chi connectivity index (χ4v) is 3.40. The number of benzene rings is 1. The van der Waals surface area contributed by atoms with Crippen LogP contribution in [0.2, 0.25) is 0 Å². The molecule has 0 aromatic heterocycles. The lowest BCUT2D eigenvalue weighted by Gasteiger charge is -2.31. The van der Waals surface area contributed by atoms with E-state index in [2.05, 4.69) is 4.72 Å². The van der Waals surface area contributed by atoms with Crippen molar-refractivity contribution in [1.29, 1.82) is 0 Å². The summed E-state index contributed by atoms with van der Waals surface area (Å²) in [5.41, 5.74) is 6.74. The Morgan fingerprint density at radius 3 is 2.72 bits per heavy atom. The molecule has 0 amide bonds. The van der Waals surface area contributed by atoms with E-state index < -0.39 is 10.2 Å². The molecule has 1 aliphatic rings. The predicted octanol–water partition coefficient (Wildman–Crippen LogP) is -0.0460. The fourth-order valence-electron chi connectivity index (χ4n) is 2.03. The Bertz CT molecular complexity index is 475. The topological polar surface area (TPSA) is 75.4 Å². The van der Waals surface area contributed by atoms with Gasteiger partial charge in [0.2, 0.25) is 0 Å². The van der Waals surface area contributed by atoms with Crippen molar-refractivity contribution in [2.45, 2.75) is 6.42 Å². The van der Waals surface area contributed by atoms with Crippen molar-refractivity contribution < 1.29 is 8.42 Å². The SMILES string of the molecule is NCC1CNS(=O)(=O)N(CCc2ccccc2)C1. The van der Waals surface area contributed by atoms with Crippen LogP contribution < -0.4 is 10.5 Å². The summed E-state index contributed by atoms with van der Waals surface area (Å²) in [5.74, 6) is 0.198. The number of rotatable bonds is 4. The molecule has 1 atom stereocenters. The monoisotopic (exact) mass is 269 g/mol. The lowest BCUT2D eigenvalue weighted by atomic mass is 10.1. The van der Waals surface area contributed by atoms with Crippen molar-refractivity contribution in [2.24, 2.45) is 11.7 Å². The Morgan fingerprint density at radius 1 is 1.33 bits per heavy atom. The zero-order valence-electron chi connectivity index (χ0n) is 10.2. The Balaban J connectivity index is 1.98. The molecule has 1 aromatic rings. The third kappa shape index (κ3) is 3.29. The maximum atomic E-state index is 11.8. The second-order valence-electron chi connectivity index (χ2n) is 4.55. The Kier molecular flexibility index (Phi) is 4.34.